The second-order valence-electron chi connectivity index (χ2n) is 3.50. The first kappa shape index (κ1) is 12.8. The zero-order chi connectivity index (χ0) is 12.0. The molecule has 0 unspecified atom stereocenters. The number of halogens is 1. The minimum Gasteiger partial charge on any atom is -0.496 e. The Bertz CT molecular complexity index is 342. The van der Waals surface area contributed by atoms with Crippen LogP contribution in [0.5, 0.6) is 11.5 Å². The Morgan fingerprint density at radius 1 is 1.12 bits per heavy atom. The number of alkyl halides is 1. The van der Waals surface area contributed by atoms with Gasteiger partial charge in [0.25, 0.3) is 0 Å². The Kier molecular flexibility index (Phi) is 5.05. The molecule has 3 nitrogen and oxygen atoms in total. The summed E-state index contributed by atoms with van der Waals surface area (Å²) in [4.78, 5) is 0. The molecule has 1 rings (SSSR count). The van der Waals surface area contributed by atoms with Crippen LogP contribution >= 0.6 is 0 Å². The van der Waals surface area contributed by atoms with Crippen molar-refractivity contribution in [1.29, 1.82) is 0 Å². The van der Waals surface area contributed by atoms with E-state index in [0.717, 1.165) is 24.2 Å². The van der Waals surface area contributed by atoms with Gasteiger partial charge < -0.3 is 15.2 Å². The van der Waals surface area contributed by atoms with Gasteiger partial charge in [-0.1, -0.05) is 0 Å². The van der Waals surface area contributed by atoms with E-state index in [0.29, 0.717) is 17.9 Å². The van der Waals surface area contributed by atoms with E-state index in [1.165, 1.54) is 7.11 Å². The van der Waals surface area contributed by atoms with E-state index < -0.39 is 6.67 Å². The number of hydrogen-bond acceptors (Lipinski definition) is 3. The van der Waals surface area contributed by atoms with E-state index in [-0.39, 0.29) is 0 Å². The topological polar surface area (TPSA) is 44.5 Å². The number of aryl methyl sites for hydroxylation is 1. The summed E-state index contributed by atoms with van der Waals surface area (Å²) in [7, 11) is 3.11. The van der Waals surface area contributed by atoms with Crippen LogP contribution in [0.2, 0.25) is 0 Å². The Morgan fingerprint density at radius 2 is 1.75 bits per heavy atom. The van der Waals surface area contributed by atoms with Gasteiger partial charge in [0, 0.05) is 11.6 Å². The molecule has 0 radical (unpaired) electrons. The Hall–Kier alpha value is -1.29. The maximum Gasteiger partial charge on any atom is 0.128 e. The molecule has 4 heteroatoms. The van der Waals surface area contributed by atoms with E-state index >= 15 is 0 Å². The van der Waals surface area contributed by atoms with E-state index in [1.54, 1.807) is 19.2 Å². The highest BCUT2D eigenvalue weighted by Crippen LogP contribution is 2.30. The predicted molar refractivity (Wildman–Crippen MR) is 61.7 cm³/mol. The number of nitrogens with two attached hydrogens (primary N) is 1. The average Bonchev–Trinajstić information content (AvgIpc) is 2.35. The summed E-state index contributed by atoms with van der Waals surface area (Å²) in [5.74, 6) is 1.25. The zero-order valence-electron chi connectivity index (χ0n) is 9.75. The standard InChI is InChI=1S/C12H18FNO2/c1-15-11-7-12(16-2)10(8-13)6-9(11)4-3-5-14/h6-7H,3-5,8,14H2,1-2H3. The molecule has 0 heterocycles. The number of rotatable bonds is 6. The van der Waals surface area contributed by atoms with Crippen LogP contribution in [0.25, 0.3) is 0 Å². The molecule has 1 aromatic rings. The maximum absolute atomic E-state index is 12.8. The third-order valence-electron chi connectivity index (χ3n) is 2.48. The molecular formula is C12H18FNO2. The number of hydrogen-bond donors (Lipinski definition) is 1. The van der Waals surface area contributed by atoms with Crippen LogP contribution in [-0.4, -0.2) is 20.8 Å². The summed E-state index contributed by atoms with van der Waals surface area (Å²) >= 11 is 0. The van der Waals surface area contributed by atoms with Gasteiger partial charge in [0.2, 0.25) is 0 Å². The summed E-state index contributed by atoms with van der Waals surface area (Å²) < 4.78 is 23.1. The van der Waals surface area contributed by atoms with Gasteiger partial charge in [-0.25, -0.2) is 4.39 Å². The highest BCUT2D eigenvalue weighted by molar-refractivity contribution is 5.46. The third-order valence-corrected chi connectivity index (χ3v) is 2.48. The van der Waals surface area contributed by atoms with Crippen LogP contribution < -0.4 is 15.2 Å². The molecule has 1 aromatic carbocycles. The molecule has 0 fully saturated rings. The predicted octanol–water partition coefficient (Wildman–Crippen LogP) is 2.06. The first-order valence-corrected chi connectivity index (χ1v) is 5.26. The van der Waals surface area contributed by atoms with Gasteiger partial charge in [0.05, 0.1) is 14.2 Å². The van der Waals surface area contributed by atoms with E-state index in [4.69, 9.17) is 15.2 Å². The monoisotopic (exact) mass is 227 g/mol. The van der Waals surface area contributed by atoms with Gasteiger partial charge in [-0.3, -0.25) is 0 Å². The van der Waals surface area contributed by atoms with Crippen molar-refractivity contribution in [2.45, 2.75) is 19.5 Å². The molecular weight excluding hydrogens is 209 g/mol. The van der Waals surface area contributed by atoms with E-state index in [9.17, 15) is 4.39 Å². The lowest BCUT2D eigenvalue weighted by Crippen LogP contribution is -2.03. The molecule has 0 bridgehead atoms. The van der Waals surface area contributed by atoms with Crippen molar-refractivity contribution in [2.75, 3.05) is 20.8 Å². The van der Waals surface area contributed by atoms with Crippen molar-refractivity contribution in [2.24, 2.45) is 5.73 Å². The lowest BCUT2D eigenvalue weighted by molar-refractivity contribution is 0.378. The van der Waals surface area contributed by atoms with Gasteiger partial charge in [-0.15, -0.1) is 0 Å². The van der Waals surface area contributed by atoms with E-state index in [2.05, 4.69) is 0 Å². The largest absolute Gasteiger partial charge is 0.496 e. The van der Waals surface area contributed by atoms with Crippen LogP contribution in [0, 0.1) is 0 Å². The van der Waals surface area contributed by atoms with Crippen molar-refractivity contribution in [3.05, 3.63) is 23.3 Å². The molecule has 0 aromatic heterocycles. The van der Waals surface area contributed by atoms with Gasteiger partial charge in [0.15, 0.2) is 0 Å². The van der Waals surface area contributed by atoms with Crippen molar-refractivity contribution >= 4 is 0 Å². The Morgan fingerprint density at radius 3 is 2.25 bits per heavy atom. The van der Waals surface area contributed by atoms with Gasteiger partial charge in [-0.2, -0.15) is 0 Å². The van der Waals surface area contributed by atoms with Crippen LogP contribution in [0.4, 0.5) is 4.39 Å². The maximum atomic E-state index is 12.8. The minimum absolute atomic E-state index is 0.524. The third kappa shape index (κ3) is 2.85. The van der Waals surface area contributed by atoms with Crippen molar-refractivity contribution in [3.63, 3.8) is 0 Å². The molecule has 0 aliphatic heterocycles. The number of benzene rings is 1. The van der Waals surface area contributed by atoms with Gasteiger partial charge >= 0.3 is 0 Å². The summed E-state index contributed by atoms with van der Waals surface area (Å²) in [6, 6.07) is 3.51. The summed E-state index contributed by atoms with van der Waals surface area (Å²) in [5.41, 5.74) is 6.98. The highest BCUT2D eigenvalue weighted by Gasteiger charge is 2.10. The molecule has 0 spiro atoms. The fourth-order valence-electron chi connectivity index (χ4n) is 1.63. The van der Waals surface area contributed by atoms with Gasteiger partial charge in [0.1, 0.15) is 18.2 Å². The molecule has 16 heavy (non-hydrogen) atoms. The molecule has 0 saturated heterocycles. The average molecular weight is 227 g/mol. The lowest BCUT2D eigenvalue weighted by atomic mass is 10.0. The van der Waals surface area contributed by atoms with Crippen molar-refractivity contribution in [1.82, 2.24) is 0 Å². The van der Waals surface area contributed by atoms with Crippen LogP contribution in [0.15, 0.2) is 12.1 Å². The van der Waals surface area contributed by atoms with Crippen molar-refractivity contribution < 1.29 is 13.9 Å². The second kappa shape index (κ2) is 6.33. The van der Waals surface area contributed by atoms with Gasteiger partial charge in [-0.05, 0) is 31.0 Å². The molecule has 0 aliphatic rings. The number of ether oxygens (including phenoxy) is 2. The first-order chi connectivity index (χ1) is 7.76. The molecule has 90 valence electrons. The smallest absolute Gasteiger partial charge is 0.128 e. The summed E-state index contributed by atoms with van der Waals surface area (Å²) in [6.45, 7) is 0.0724. The molecule has 0 atom stereocenters. The first-order valence-electron chi connectivity index (χ1n) is 5.26. The Labute approximate surface area is 95.4 Å². The lowest BCUT2D eigenvalue weighted by Gasteiger charge is -2.13. The summed E-state index contributed by atoms with van der Waals surface area (Å²) in [6.07, 6.45) is 1.64. The fourth-order valence-corrected chi connectivity index (χ4v) is 1.63. The fraction of sp³-hybridized carbons (Fsp3) is 0.500. The second-order valence-corrected chi connectivity index (χ2v) is 3.50. The minimum atomic E-state index is -0.539. The van der Waals surface area contributed by atoms with Crippen molar-refractivity contribution in [3.8, 4) is 11.5 Å². The summed E-state index contributed by atoms with van der Waals surface area (Å²) in [5, 5.41) is 0. The van der Waals surface area contributed by atoms with Crippen LogP contribution in [-0.2, 0) is 13.1 Å². The SMILES string of the molecule is COc1cc(OC)c(CCCN)cc1CF. The molecule has 0 amide bonds. The Balaban J connectivity index is 3.05. The van der Waals surface area contributed by atoms with Crippen LogP contribution in [0.3, 0.4) is 0 Å². The quantitative estimate of drug-likeness (QED) is 0.809. The van der Waals surface area contributed by atoms with E-state index in [1.807, 2.05) is 0 Å². The zero-order valence-corrected chi connectivity index (χ0v) is 9.75. The molecule has 2 N–H and O–H groups in total. The molecule has 0 aliphatic carbocycles. The number of methoxy groups -OCH3 is 2. The van der Waals surface area contributed by atoms with Crippen LogP contribution in [0.1, 0.15) is 17.5 Å². The normalized spacial score (nSPS) is 10.2. The molecule has 0 saturated carbocycles. The highest BCUT2D eigenvalue weighted by atomic mass is 19.1.